The topological polar surface area (TPSA) is 46.3 Å². The molecule has 1 fully saturated rings. The highest BCUT2D eigenvalue weighted by molar-refractivity contribution is 5.92. The zero-order chi connectivity index (χ0) is 12.3. The van der Waals surface area contributed by atoms with Crippen molar-refractivity contribution in [3.63, 3.8) is 0 Å². The van der Waals surface area contributed by atoms with E-state index in [1.54, 1.807) is 6.92 Å². The first-order valence-corrected chi connectivity index (χ1v) is 6.34. The van der Waals surface area contributed by atoms with Crippen LogP contribution in [0.4, 0.5) is 11.4 Å². The SMILES string of the molecule is CC(=O)N(c1cccc(N)c1)C1CCCCC1. The Morgan fingerprint density at radius 1 is 1.29 bits per heavy atom. The van der Waals surface area contributed by atoms with E-state index in [9.17, 15) is 4.79 Å². The second-order valence-corrected chi connectivity index (χ2v) is 4.78. The summed E-state index contributed by atoms with van der Waals surface area (Å²) in [4.78, 5) is 13.8. The molecule has 92 valence electrons. The van der Waals surface area contributed by atoms with Crippen molar-refractivity contribution in [3.8, 4) is 0 Å². The zero-order valence-electron chi connectivity index (χ0n) is 10.4. The first kappa shape index (κ1) is 12.0. The van der Waals surface area contributed by atoms with Gasteiger partial charge in [0.15, 0.2) is 0 Å². The maximum Gasteiger partial charge on any atom is 0.224 e. The maximum absolute atomic E-state index is 11.8. The van der Waals surface area contributed by atoms with E-state index in [0.717, 1.165) is 18.5 Å². The predicted molar refractivity (Wildman–Crippen MR) is 70.9 cm³/mol. The second-order valence-electron chi connectivity index (χ2n) is 4.78. The lowest BCUT2D eigenvalue weighted by Crippen LogP contribution is -2.40. The third kappa shape index (κ3) is 2.78. The van der Waals surface area contributed by atoms with Crippen LogP contribution in [0.1, 0.15) is 39.0 Å². The van der Waals surface area contributed by atoms with Gasteiger partial charge < -0.3 is 10.6 Å². The maximum atomic E-state index is 11.8. The lowest BCUT2D eigenvalue weighted by molar-refractivity contribution is -0.117. The van der Waals surface area contributed by atoms with Crippen LogP contribution in [0.15, 0.2) is 24.3 Å². The van der Waals surface area contributed by atoms with E-state index in [0.29, 0.717) is 11.7 Å². The number of amides is 1. The summed E-state index contributed by atoms with van der Waals surface area (Å²) in [6.45, 7) is 1.64. The molecule has 1 aromatic rings. The summed E-state index contributed by atoms with van der Waals surface area (Å²) in [5.41, 5.74) is 7.44. The quantitative estimate of drug-likeness (QED) is 0.797. The molecule has 0 saturated heterocycles. The number of hydrogen-bond acceptors (Lipinski definition) is 2. The fraction of sp³-hybridized carbons (Fsp3) is 0.500. The Morgan fingerprint density at radius 2 is 2.00 bits per heavy atom. The molecule has 2 N–H and O–H groups in total. The number of carbonyl (C=O) groups is 1. The molecule has 2 rings (SSSR count). The van der Waals surface area contributed by atoms with Gasteiger partial charge in [0.25, 0.3) is 0 Å². The van der Waals surface area contributed by atoms with Gasteiger partial charge in [-0.25, -0.2) is 0 Å². The van der Waals surface area contributed by atoms with Crippen molar-refractivity contribution in [1.82, 2.24) is 0 Å². The molecule has 1 amide bonds. The van der Waals surface area contributed by atoms with Crippen LogP contribution in [0.2, 0.25) is 0 Å². The first-order chi connectivity index (χ1) is 8.18. The fourth-order valence-corrected chi connectivity index (χ4v) is 2.66. The van der Waals surface area contributed by atoms with Crippen LogP contribution in [-0.4, -0.2) is 11.9 Å². The summed E-state index contributed by atoms with van der Waals surface area (Å²) in [5.74, 6) is 0.113. The number of nitrogens with zero attached hydrogens (tertiary/aromatic N) is 1. The minimum absolute atomic E-state index is 0.113. The van der Waals surface area contributed by atoms with E-state index < -0.39 is 0 Å². The minimum atomic E-state index is 0.113. The third-order valence-corrected chi connectivity index (χ3v) is 3.43. The molecule has 1 saturated carbocycles. The van der Waals surface area contributed by atoms with Gasteiger partial charge in [-0.1, -0.05) is 25.3 Å². The van der Waals surface area contributed by atoms with E-state index in [1.165, 1.54) is 19.3 Å². The highest BCUT2D eigenvalue weighted by atomic mass is 16.2. The molecule has 0 heterocycles. The van der Waals surface area contributed by atoms with Gasteiger partial charge in [0, 0.05) is 24.3 Å². The summed E-state index contributed by atoms with van der Waals surface area (Å²) < 4.78 is 0. The molecule has 1 aliphatic carbocycles. The van der Waals surface area contributed by atoms with E-state index >= 15 is 0 Å². The summed E-state index contributed by atoms with van der Waals surface area (Å²) in [6, 6.07) is 7.96. The van der Waals surface area contributed by atoms with Gasteiger partial charge in [0.05, 0.1) is 0 Å². The van der Waals surface area contributed by atoms with E-state index in [1.807, 2.05) is 29.2 Å². The number of anilines is 2. The van der Waals surface area contributed by atoms with Gasteiger partial charge in [-0.2, -0.15) is 0 Å². The summed E-state index contributed by atoms with van der Waals surface area (Å²) in [7, 11) is 0. The van der Waals surface area contributed by atoms with Crippen molar-refractivity contribution in [1.29, 1.82) is 0 Å². The second kappa shape index (κ2) is 5.21. The van der Waals surface area contributed by atoms with Crippen molar-refractivity contribution in [2.75, 3.05) is 10.6 Å². The molecule has 1 aliphatic rings. The molecule has 0 spiro atoms. The molecule has 0 aromatic heterocycles. The highest BCUT2D eigenvalue weighted by Gasteiger charge is 2.24. The monoisotopic (exact) mass is 232 g/mol. The van der Waals surface area contributed by atoms with Gasteiger partial charge in [-0.05, 0) is 31.0 Å². The number of nitrogen functional groups attached to an aromatic ring is 1. The average molecular weight is 232 g/mol. The molecule has 0 unspecified atom stereocenters. The van der Waals surface area contributed by atoms with Crippen LogP contribution in [0.3, 0.4) is 0 Å². The Kier molecular flexibility index (Phi) is 3.67. The Balaban J connectivity index is 2.25. The van der Waals surface area contributed by atoms with Crippen molar-refractivity contribution >= 4 is 17.3 Å². The Morgan fingerprint density at radius 3 is 2.59 bits per heavy atom. The lowest BCUT2D eigenvalue weighted by Gasteiger charge is -2.33. The number of carbonyl (C=O) groups excluding carboxylic acids is 1. The van der Waals surface area contributed by atoms with Crippen LogP contribution in [-0.2, 0) is 4.79 Å². The van der Waals surface area contributed by atoms with Gasteiger partial charge in [-0.15, -0.1) is 0 Å². The Bertz CT molecular complexity index is 397. The van der Waals surface area contributed by atoms with Crippen LogP contribution < -0.4 is 10.6 Å². The van der Waals surface area contributed by atoms with Crippen LogP contribution in [0.5, 0.6) is 0 Å². The number of hydrogen-bond donors (Lipinski definition) is 1. The molecular weight excluding hydrogens is 212 g/mol. The van der Waals surface area contributed by atoms with Gasteiger partial charge >= 0.3 is 0 Å². The normalized spacial score (nSPS) is 16.8. The summed E-state index contributed by atoms with van der Waals surface area (Å²) >= 11 is 0. The molecule has 0 aliphatic heterocycles. The van der Waals surface area contributed by atoms with E-state index in [2.05, 4.69) is 0 Å². The highest BCUT2D eigenvalue weighted by Crippen LogP contribution is 2.28. The summed E-state index contributed by atoms with van der Waals surface area (Å²) in [5, 5.41) is 0. The van der Waals surface area contributed by atoms with Gasteiger partial charge in [-0.3, -0.25) is 4.79 Å². The fourth-order valence-electron chi connectivity index (χ4n) is 2.66. The van der Waals surface area contributed by atoms with Crippen molar-refractivity contribution in [2.24, 2.45) is 0 Å². The zero-order valence-corrected chi connectivity index (χ0v) is 10.4. The van der Waals surface area contributed by atoms with Crippen LogP contribution >= 0.6 is 0 Å². The molecule has 0 atom stereocenters. The molecule has 3 nitrogen and oxygen atoms in total. The van der Waals surface area contributed by atoms with Crippen molar-refractivity contribution in [3.05, 3.63) is 24.3 Å². The van der Waals surface area contributed by atoms with Crippen LogP contribution in [0.25, 0.3) is 0 Å². The van der Waals surface area contributed by atoms with Gasteiger partial charge in [0.1, 0.15) is 0 Å². The smallest absolute Gasteiger partial charge is 0.224 e. The summed E-state index contributed by atoms with van der Waals surface area (Å²) in [6.07, 6.45) is 5.94. The molecule has 17 heavy (non-hydrogen) atoms. The van der Waals surface area contributed by atoms with Crippen molar-refractivity contribution < 1.29 is 4.79 Å². The van der Waals surface area contributed by atoms with E-state index in [-0.39, 0.29) is 5.91 Å². The number of rotatable bonds is 2. The van der Waals surface area contributed by atoms with Gasteiger partial charge in [0.2, 0.25) is 5.91 Å². The number of nitrogens with two attached hydrogens (primary N) is 1. The van der Waals surface area contributed by atoms with Crippen molar-refractivity contribution in [2.45, 2.75) is 45.1 Å². The molecular formula is C14H20N2O. The van der Waals surface area contributed by atoms with E-state index in [4.69, 9.17) is 5.73 Å². The Labute approximate surface area is 103 Å². The number of benzene rings is 1. The molecule has 3 heteroatoms. The molecule has 0 bridgehead atoms. The third-order valence-electron chi connectivity index (χ3n) is 3.43. The van der Waals surface area contributed by atoms with Crippen LogP contribution in [0, 0.1) is 0 Å². The standard InChI is InChI=1S/C14H20N2O/c1-11(17)16(13-7-3-2-4-8-13)14-9-5-6-12(15)10-14/h5-6,9-10,13H,2-4,7-8,15H2,1H3. The predicted octanol–water partition coefficient (Wildman–Crippen LogP) is 2.95. The lowest BCUT2D eigenvalue weighted by atomic mass is 9.93. The molecule has 1 aromatic carbocycles. The Hall–Kier alpha value is -1.51. The largest absolute Gasteiger partial charge is 0.399 e. The first-order valence-electron chi connectivity index (χ1n) is 6.34. The minimum Gasteiger partial charge on any atom is -0.399 e. The average Bonchev–Trinajstić information content (AvgIpc) is 2.30. The molecule has 0 radical (unpaired) electrons.